The fourth-order valence-corrected chi connectivity index (χ4v) is 2.24. The summed E-state index contributed by atoms with van der Waals surface area (Å²) in [4.78, 5) is 22.5. The van der Waals surface area contributed by atoms with Crippen molar-refractivity contribution in [2.24, 2.45) is 0 Å². The Labute approximate surface area is 138 Å². The molecule has 0 aliphatic rings. The first-order chi connectivity index (χ1) is 10.9. The number of hydrogen-bond donors (Lipinski definition) is 2. The van der Waals surface area contributed by atoms with E-state index >= 15 is 0 Å². The van der Waals surface area contributed by atoms with Gasteiger partial charge in [-0.25, -0.2) is 0 Å². The number of rotatable bonds is 5. The van der Waals surface area contributed by atoms with E-state index in [2.05, 4.69) is 10.6 Å². The van der Waals surface area contributed by atoms with E-state index in [4.69, 9.17) is 11.6 Å². The molecule has 2 aromatic carbocycles. The smallest absolute Gasteiger partial charge is 0.293 e. The molecule has 0 fully saturated rings. The fraction of sp³-hybridized carbons (Fsp3) is 0.188. The van der Waals surface area contributed by atoms with Crippen LogP contribution < -0.4 is 10.6 Å². The van der Waals surface area contributed by atoms with Gasteiger partial charge in [0.15, 0.2) is 0 Å². The van der Waals surface area contributed by atoms with Crippen LogP contribution in [-0.2, 0) is 4.79 Å². The largest absolute Gasteiger partial charge is 0.376 e. The Bertz CT molecular complexity index is 762. The van der Waals surface area contributed by atoms with Gasteiger partial charge in [0.05, 0.1) is 11.5 Å². The standard InChI is InChI=1S/C16H16ClN3O3/c1-10-6-7-14(15(8-10)20(22)23)19-16(21)9-18-13-5-3-4-12(17)11(13)2/h3-8,18H,9H2,1-2H3,(H,19,21). The summed E-state index contributed by atoms with van der Waals surface area (Å²) in [5.41, 5.74) is 2.38. The summed E-state index contributed by atoms with van der Waals surface area (Å²) in [6, 6.07) is 10.00. The zero-order chi connectivity index (χ0) is 17.0. The quantitative estimate of drug-likeness (QED) is 0.641. The normalized spacial score (nSPS) is 10.2. The lowest BCUT2D eigenvalue weighted by Gasteiger charge is -2.11. The number of carbonyl (C=O) groups is 1. The van der Waals surface area contributed by atoms with Crippen LogP contribution in [0.4, 0.5) is 17.1 Å². The highest BCUT2D eigenvalue weighted by Gasteiger charge is 2.16. The van der Waals surface area contributed by atoms with Gasteiger partial charge in [-0.05, 0) is 43.2 Å². The highest BCUT2D eigenvalue weighted by molar-refractivity contribution is 6.31. The van der Waals surface area contributed by atoms with Gasteiger partial charge in [-0.15, -0.1) is 0 Å². The first-order valence-corrected chi connectivity index (χ1v) is 7.30. The minimum absolute atomic E-state index is 0.0216. The van der Waals surface area contributed by atoms with Crippen molar-refractivity contribution in [3.8, 4) is 0 Å². The number of amides is 1. The van der Waals surface area contributed by atoms with Gasteiger partial charge >= 0.3 is 0 Å². The van der Waals surface area contributed by atoms with Crippen LogP contribution in [0.1, 0.15) is 11.1 Å². The SMILES string of the molecule is Cc1ccc(NC(=O)CNc2cccc(Cl)c2C)c([N+](=O)[O-])c1. The summed E-state index contributed by atoms with van der Waals surface area (Å²) < 4.78 is 0. The van der Waals surface area contributed by atoms with Crippen molar-refractivity contribution >= 4 is 34.6 Å². The minimum atomic E-state index is -0.517. The molecule has 0 aliphatic carbocycles. The molecule has 0 aliphatic heterocycles. The van der Waals surface area contributed by atoms with Crippen LogP contribution in [0.25, 0.3) is 0 Å². The molecule has 0 unspecified atom stereocenters. The van der Waals surface area contributed by atoms with Gasteiger partial charge in [0, 0.05) is 16.8 Å². The second kappa shape index (κ2) is 7.11. The predicted molar refractivity (Wildman–Crippen MR) is 91.1 cm³/mol. The Morgan fingerprint density at radius 1 is 1.22 bits per heavy atom. The van der Waals surface area contributed by atoms with Gasteiger partial charge in [-0.1, -0.05) is 23.7 Å². The van der Waals surface area contributed by atoms with Crippen LogP contribution in [0, 0.1) is 24.0 Å². The topological polar surface area (TPSA) is 84.3 Å². The van der Waals surface area contributed by atoms with Crippen LogP contribution in [0.3, 0.4) is 0 Å². The number of anilines is 2. The Morgan fingerprint density at radius 3 is 2.65 bits per heavy atom. The molecular formula is C16H16ClN3O3. The third kappa shape index (κ3) is 4.20. The first kappa shape index (κ1) is 16.8. The monoisotopic (exact) mass is 333 g/mol. The van der Waals surface area contributed by atoms with E-state index in [1.165, 1.54) is 12.1 Å². The number of nitro groups is 1. The van der Waals surface area contributed by atoms with Crippen molar-refractivity contribution in [3.05, 3.63) is 62.7 Å². The molecule has 6 nitrogen and oxygen atoms in total. The third-order valence-corrected chi connectivity index (χ3v) is 3.74. The number of nitrogens with one attached hydrogen (secondary N) is 2. The molecule has 2 rings (SSSR count). The van der Waals surface area contributed by atoms with Crippen molar-refractivity contribution in [2.45, 2.75) is 13.8 Å². The highest BCUT2D eigenvalue weighted by Crippen LogP contribution is 2.25. The molecule has 0 atom stereocenters. The summed E-state index contributed by atoms with van der Waals surface area (Å²) in [5, 5.41) is 17.2. The molecule has 23 heavy (non-hydrogen) atoms. The van der Waals surface area contributed by atoms with Gasteiger partial charge in [-0.3, -0.25) is 14.9 Å². The number of hydrogen-bond acceptors (Lipinski definition) is 4. The second-order valence-corrected chi connectivity index (χ2v) is 5.50. The summed E-state index contributed by atoms with van der Waals surface area (Å²) in [6.45, 7) is 3.57. The third-order valence-electron chi connectivity index (χ3n) is 3.33. The summed E-state index contributed by atoms with van der Waals surface area (Å²) >= 11 is 6.01. The minimum Gasteiger partial charge on any atom is -0.376 e. The first-order valence-electron chi connectivity index (χ1n) is 6.92. The average molecular weight is 334 g/mol. The summed E-state index contributed by atoms with van der Waals surface area (Å²) in [5.74, 6) is -0.378. The Kier molecular flexibility index (Phi) is 5.18. The number of carbonyl (C=O) groups excluding carboxylic acids is 1. The van der Waals surface area contributed by atoms with Crippen molar-refractivity contribution in [1.82, 2.24) is 0 Å². The second-order valence-electron chi connectivity index (χ2n) is 5.09. The van der Waals surface area contributed by atoms with E-state index in [0.29, 0.717) is 5.02 Å². The Balaban J connectivity index is 2.06. The van der Waals surface area contributed by atoms with Gasteiger partial charge in [0.1, 0.15) is 5.69 Å². The van der Waals surface area contributed by atoms with E-state index in [0.717, 1.165) is 16.8 Å². The molecule has 2 N–H and O–H groups in total. The molecule has 1 amide bonds. The number of aryl methyl sites for hydroxylation is 1. The molecule has 120 valence electrons. The molecule has 7 heteroatoms. The maximum Gasteiger partial charge on any atom is 0.293 e. The van der Waals surface area contributed by atoms with Crippen LogP contribution >= 0.6 is 11.6 Å². The lowest BCUT2D eigenvalue weighted by molar-refractivity contribution is -0.384. The maximum absolute atomic E-state index is 12.0. The Hall–Kier alpha value is -2.60. The average Bonchev–Trinajstić information content (AvgIpc) is 2.50. The maximum atomic E-state index is 12.0. The van der Waals surface area contributed by atoms with Crippen molar-refractivity contribution < 1.29 is 9.72 Å². The number of benzene rings is 2. The Morgan fingerprint density at radius 2 is 1.96 bits per heavy atom. The molecule has 0 saturated heterocycles. The molecule has 0 heterocycles. The fourth-order valence-electron chi connectivity index (χ4n) is 2.07. The van der Waals surface area contributed by atoms with E-state index in [1.54, 1.807) is 25.1 Å². The molecule has 0 radical (unpaired) electrons. The van der Waals surface area contributed by atoms with E-state index in [9.17, 15) is 14.9 Å². The highest BCUT2D eigenvalue weighted by atomic mass is 35.5. The van der Waals surface area contributed by atoms with Crippen molar-refractivity contribution in [1.29, 1.82) is 0 Å². The van der Waals surface area contributed by atoms with Gasteiger partial charge in [0.25, 0.3) is 5.69 Å². The van der Waals surface area contributed by atoms with E-state index < -0.39 is 4.92 Å². The molecular weight excluding hydrogens is 318 g/mol. The van der Waals surface area contributed by atoms with Crippen LogP contribution in [-0.4, -0.2) is 17.4 Å². The molecule has 0 bridgehead atoms. The number of halogens is 1. The molecule has 0 spiro atoms. The number of nitrogens with zero attached hydrogens (tertiary/aromatic N) is 1. The summed E-state index contributed by atoms with van der Waals surface area (Å²) in [6.07, 6.45) is 0. The van der Waals surface area contributed by atoms with E-state index in [-0.39, 0.29) is 23.8 Å². The van der Waals surface area contributed by atoms with Crippen molar-refractivity contribution in [3.63, 3.8) is 0 Å². The van der Waals surface area contributed by atoms with Crippen LogP contribution in [0.5, 0.6) is 0 Å². The zero-order valence-electron chi connectivity index (χ0n) is 12.7. The van der Waals surface area contributed by atoms with Gasteiger partial charge < -0.3 is 10.6 Å². The molecule has 0 aromatic heterocycles. The van der Waals surface area contributed by atoms with E-state index in [1.807, 2.05) is 13.0 Å². The molecule has 0 saturated carbocycles. The lowest BCUT2D eigenvalue weighted by atomic mass is 10.2. The zero-order valence-corrected chi connectivity index (χ0v) is 13.5. The predicted octanol–water partition coefficient (Wildman–Crippen LogP) is 3.92. The van der Waals surface area contributed by atoms with Gasteiger partial charge in [0.2, 0.25) is 5.91 Å². The van der Waals surface area contributed by atoms with Crippen LogP contribution in [0.2, 0.25) is 5.02 Å². The molecule has 2 aromatic rings. The number of nitro benzene ring substituents is 1. The summed E-state index contributed by atoms with van der Waals surface area (Å²) in [7, 11) is 0. The van der Waals surface area contributed by atoms with Gasteiger partial charge in [-0.2, -0.15) is 0 Å². The van der Waals surface area contributed by atoms with Crippen LogP contribution in [0.15, 0.2) is 36.4 Å². The van der Waals surface area contributed by atoms with Crippen molar-refractivity contribution in [2.75, 3.05) is 17.2 Å². The lowest BCUT2D eigenvalue weighted by Crippen LogP contribution is -2.22.